The topological polar surface area (TPSA) is 12.9 Å². The zero-order valence-corrected chi connectivity index (χ0v) is 8.36. The van der Waals surface area contributed by atoms with Gasteiger partial charge in [0.05, 0.1) is 11.3 Å². The van der Waals surface area contributed by atoms with E-state index in [1.54, 1.807) is 0 Å². The lowest BCUT2D eigenvalue weighted by Crippen LogP contribution is -2.09. The summed E-state index contributed by atoms with van der Waals surface area (Å²) < 4.78 is 48.6. The van der Waals surface area contributed by atoms with E-state index in [-0.39, 0.29) is 9.26 Å². The first-order valence-corrected chi connectivity index (χ1v) is 4.31. The summed E-state index contributed by atoms with van der Waals surface area (Å²) in [5.41, 5.74) is -1.01. The van der Waals surface area contributed by atoms with Gasteiger partial charge in [-0.25, -0.2) is 4.39 Å². The van der Waals surface area contributed by atoms with E-state index in [4.69, 9.17) is 0 Å². The van der Waals surface area contributed by atoms with Gasteiger partial charge in [0.2, 0.25) is 0 Å². The summed E-state index contributed by atoms with van der Waals surface area (Å²) in [6.45, 7) is -0.984. The number of halogens is 5. The predicted molar refractivity (Wildman–Crippen MR) is 46.8 cm³/mol. The van der Waals surface area contributed by atoms with E-state index in [0.717, 1.165) is 12.3 Å². The maximum Gasteiger partial charge on any atom is 0.417 e. The fourth-order valence-electron chi connectivity index (χ4n) is 0.799. The van der Waals surface area contributed by atoms with Gasteiger partial charge in [0.25, 0.3) is 0 Å². The maximum absolute atomic E-state index is 12.2. The molecule has 13 heavy (non-hydrogen) atoms. The van der Waals surface area contributed by atoms with Gasteiger partial charge in [-0.05, 0) is 28.7 Å². The molecule has 0 saturated carbocycles. The largest absolute Gasteiger partial charge is 0.417 e. The second kappa shape index (κ2) is 3.77. The summed E-state index contributed by atoms with van der Waals surface area (Å²) in [5.74, 6) is 0. The van der Waals surface area contributed by atoms with Crippen molar-refractivity contribution in [3.05, 3.63) is 27.1 Å². The Morgan fingerprint density at radius 3 is 2.46 bits per heavy atom. The van der Waals surface area contributed by atoms with Crippen LogP contribution in [0.3, 0.4) is 0 Å². The first kappa shape index (κ1) is 10.7. The van der Waals surface area contributed by atoms with Gasteiger partial charge >= 0.3 is 6.18 Å². The van der Waals surface area contributed by atoms with Crippen LogP contribution < -0.4 is 0 Å². The lowest BCUT2D eigenvalue weighted by atomic mass is 10.2. The summed E-state index contributed by atoms with van der Waals surface area (Å²) in [7, 11) is 0. The molecule has 6 heteroatoms. The van der Waals surface area contributed by atoms with E-state index >= 15 is 0 Å². The van der Waals surface area contributed by atoms with E-state index in [9.17, 15) is 17.6 Å². The molecule has 0 spiro atoms. The molecule has 0 unspecified atom stereocenters. The van der Waals surface area contributed by atoms with Gasteiger partial charge in [-0.15, -0.1) is 0 Å². The molecule has 0 amide bonds. The molecule has 0 saturated heterocycles. The van der Waals surface area contributed by atoms with Crippen LogP contribution in [0.25, 0.3) is 0 Å². The Balaban J connectivity index is 3.24. The molecule has 0 N–H and O–H groups in total. The molecule has 0 aromatic carbocycles. The third kappa shape index (κ3) is 2.29. The first-order valence-electron chi connectivity index (χ1n) is 3.23. The molecular weight excluding hydrogens is 301 g/mol. The van der Waals surface area contributed by atoms with Crippen LogP contribution in [0.2, 0.25) is 0 Å². The highest BCUT2D eigenvalue weighted by atomic mass is 127. The van der Waals surface area contributed by atoms with Crippen LogP contribution in [-0.4, -0.2) is 4.98 Å². The Hall–Kier alpha value is -0.400. The molecule has 0 atom stereocenters. The first-order chi connectivity index (χ1) is 5.96. The van der Waals surface area contributed by atoms with Crippen LogP contribution in [0.4, 0.5) is 17.6 Å². The lowest BCUT2D eigenvalue weighted by molar-refractivity contribution is -0.138. The smallest absolute Gasteiger partial charge is 0.257 e. The second-order valence-electron chi connectivity index (χ2n) is 2.25. The van der Waals surface area contributed by atoms with Gasteiger partial charge in [0.1, 0.15) is 6.67 Å². The van der Waals surface area contributed by atoms with Crippen LogP contribution in [0.1, 0.15) is 11.3 Å². The van der Waals surface area contributed by atoms with Gasteiger partial charge < -0.3 is 0 Å². The van der Waals surface area contributed by atoms with Gasteiger partial charge in [-0.3, -0.25) is 4.98 Å². The molecule has 0 aliphatic rings. The molecule has 72 valence electrons. The van der Waals surface area contributed by atoms with E-state index < -0.39 is 18.4 Å². The molecule has 0 radical (unpaired) electrons. The monoisotopic (exact) mass is 305 g/mol. The van der Waals surface area contributed by atoms with Crippen LogP contribution in [-0.2, 0) is 12.9 Å². The van der Waals surface area contributed by atoms with Crippen molar-refractivity contribution >= 4 is 22.6 Å². The second-order valence-corrected chi connectivity index (χ2v) is 3.33. The highest BCUT2D eigenvalue weighted by Gasteiger charge is 2.33. The molecule has 0 fully saturated rings. The van der Waals surface area contributed by atoms with Crippen LogP contribution >= 0.6 is 22.6 Å². The summed E-state index contributed by atoms with van der Waals surface area (Å²) in [5, 5.41) is 0. The van der Waals surface area contributed by atoms with Gasteiger partial charge in [0.15, 0.2) is 0 Å². The van der Waals surface area contributed by atoms with E-state index in [0.29, 0.717) is 0 Å². The van der Waals surface area contributed by atoms with E-state index in [2.05, 4.69) is 4.98 Å². The Morgan fingerprint density at radius 2 is 2.00 bits per heavy atom. The third-order valence-corrected chi connectivity index (χ3v) is 2.60. The summed E-state index contributed by atoms with van der Waals surface area (Å²) >= 11 is 1.44. The minimum Gasteiger partial charge on any atom is -0.257 e. The standard InChI is InChI=1S/C7H4F4IN/c8-3-5-6(12)4(1-2-13-5)7(9,10)11/h1-2H,3H2. The highest BCUT2D eigenvalue weighted by Crippen LogP contribution is 2.33. The number of pyridine rings is 1. The maximum atomic E-state index is 12.2. The minimum atomic E-state index is -4.44. The van der Waals surface area contributed by atoms with Crippen molar-refractivity contribution in [1.29, 1.82) is 0 Å². The molecule has 0 bridgehead atoms. The molecule has 1 aromatic rings. The summed E-state index contributed by atoms with van der Waals surface area (Å²) in [6.07, 6.45) is -3.48. The summed E-state index contributed by atoms with van der Waals surface area (Å²) in [4.78, 5) is 3.49. The van der Waals surface area contributed by atoms with Gasteiger partial charge in [-0.2, -0.15) is 13.2 Å². The quantitative estimate of drug-likeness (QED) is 0.574. The van der Waals surface area contributed by atoms with Crippen LogP contribution in [0.15, 0.2) is 12.3 Å². The number of alkyl halides is 4. The number of hydrogen-bond acceptors (Lipinski definition) is 1. The van der Waals surface area contributed by atoms with E-state index in [1.807, 2.05) is 0 Å². The van der Waals surface area contributed by atoms with Crippen molar-refractivity contribution in [1.82, 2.24) is 4.98 Å². The van der Waals surface area contributed by atoms with Gasteiger partial charge in [-0.1, -0.05) is 0 Å². The lowest BCUT2D eigenvalue weighted by Gasteiger charge is -2.09. The predicted octanol–water partition coefficient (Wildman–Crippen LogP) is 3.17. The Kier molecular flexibility index (Phi) is 3.09. The molecule has 1 rings (SSSR count). The molecule has 0 aliphatic heterocycles. The Labute approximate surface area is 85.3 Å². The fraction of sp³-hybridized carbons (Fsp3) is 0.286. The van der Waals surface area contributed by atoms with Crippen molar-refractivity contribution in [3.63, 3.8) is 0 Å². The van der Waals surface area contributed by atoms with Crippen molar-refractivity contribution in [2.24, 2.45) is 0 Å². The number of nitrogens with zero attached hydrogens (tertiary/aromatic N) is 1. The molecule has 0 aliphatic carbocycles. The zero-order chi connectivity index (χ0) is 10.1. The Morgan fingerprint density at radius 1 is 1.38 bits per heavy atom. The Bertz CT molecular complexity index is 310. The van der Waals surface area contributed by atoms with Crippen molar-refractivity contribution in [3.8, 4) is 0 Å². The fourth-order valence-corrected chi connectivity index (χ4v) is 1.57. The van der Waals surface area contributed by atoms with Crippen molar-refractivity contribution in [2.75, 3.05) is 0 Å². The number of hydrogen-bond donors (Lipinski definition) is 0. The molecule has 1 heterocycles. The van der Waals surface area contributed by atoms with Crippen LogP contribution in [0, 0.1) is 3.57 Å². The van der Waals surface area contributed by atoms with Gasteiger partial charge in [0, 0.05) is 9.77 Å². The number of rotatable bonds is 1. The zero-order valence-electron chi connectivity index (χ0n) is 6.20. The molecule has 1 aromatic heterocycles. The molecular formula is C7H4F4IN. The summed E-state index contributed by atoms with van der Waals surface area (Å²) in [6, 6.07) is 0.834. The normalized spacial score (nSPS) is 11.8. The minimum absolute atomic E-state index is 0.171. The van der Waals surface area contributed by atoms with Crippen LogP contribution in [0.5, 0.6) is 0 Å². The molecule has 1 nitrogen and oxygen atoms in total. The highest BCUT2D eigenvalue weighted by molar-refractivity contribution is 14.1. The SMILES string of the molecule is FCc1nccc(C(F)(F)F)c1I. The van der Waals surface area contributed by atoms with Crippen molar-refractivity contribution < 1.29 is 17.6 Å². The third-order valence-electron chi connectivity index (χ3n) is 1.39. The van der Waals surface area contributed by atoms with Crippen molar-refractivity contribution in [2.45, 2.75) is 12.9 Å². The average molecular weight is 305 g/mol. The average Bonchev–Trinajstić information content (AvgIpc) is 2.02. The van der Waals surface area contributed by atoms with E-state index in [1.165, 1.54) is 22.6 Å². The number of aromatic nitrogens is 1.